The Morgan fingerprint density at radius 2 is 2.07 bits per heavy atom. The molecule has 1 aromatic rings. The molecule has 0 bridgehead atoms. The van der Waals surface area contributed by atoms with Crippen LogP contribution in [0, 0.1) is 0 Å². The van der Waals surface area contributed by atoms with E-state index in [-0.39, 0.29) is 0 Å². The Labute approximate surface area is 84.6 Å². The maximum absolute atomic E-state index is 10.0. The Morgan fingerprint density at radius 3 is 2.64 bits per heavy atom. The van der Waals surface area contributed by atoms with Gasteiger partial charge < -0.3 is 4.43 Å². The second-order valence-electron chi connectivity index (χ2n) is 3.91. The van der Waals surface area contributed by atoms with Crippen LogP contribution in [0.5, 0.6) is 5.75 Å². The predicted octanol–water partition coefficient (Wildman–Crippen LogP) is 2.87. The van der Waals surface area contributed by atoms with Crippen LogP contribution in [0.3, 0.4) is 0 Å². The quantitative estimate of drug-likeness (QED) is 0.434. The zero-order valence-corrected chi connectivity index (χ0v) is 9.57. The van der Waals surface area contributed by atoms with Gasteiger partial charge in [0, 0.05) is 6.07 Å². The number of nitrogens with zero attached hydrogens (tertiary/aromatic N) is 1. The summed E-state index contributed by atoms with van der Waals surface area (Å²) >= 11 is 0. The summed E-state index contributed by atoms with van der Waals surface area (Å²) in [5, 5.41) is 0. The van der Waals surface area contributed by atoms with Crippen molar-refractivity contribution in [2.75, 3.05) is 0 Å². The minimum absolute atomic E-state index is 0.579. The number of benzene rings is 1. The van der Waals surface area contributed by atoms with E-state index < -0.39 is 8.32 Å². The van der Waals surface area contributed by atoms with E-state index in [2.05, 4.69) is 24.6 Å². The number of rotatable bonds is 3. The van der Waals surface area contributed by atoms with Gasteiger partial charge in [0.25, 0.3) is 0 Å². The minimum atomic E-state index is -1.58. The molecule has 0 unspecified atom stereocenters. The van der Waals surface area contributed by atoms with Crippen LogP contribution in [0.15, 0.2) is 29.3 Å². The molecular formula is C10H13NO2Si. The molecule has 0 aromatic heterocycles. The van der Waals surface area contributed by atoms with E-state index in [0.717, 1.165) is 5.75 Å². The fourth-order valence-corrected chi connectivity index (χ4v) is 1.86. The van der Waals surface area contributed by atoms with Gasteiger partial charge in [0.15, 0.2) is 0 Å². The first-order chi connectivity index (χ1) is 6.51. The van der Waals surface area contributed by atoms with E-state index in [1.54, 1.807) is 12.1 Å². The molecule has 0 saturated carbocycles. The van der Waals surface area contributed by atoms with Crippen molar-refractivity contribution < 1.29 is 9.22 Å². The standard InChI is InChI=1S/C10H13NO2Si/c1-14(2,3)13-10-6-4-5-9(7-10)11-8-12/h4-7H,1-3H3. The SMILES string of the molecule is C[Si](C)(C)Oc1cccc(N=C=O)c1. The van der Waals surface area contributed by atoms with Crippen molar-refractivity contribution in [3.05, 3.63) is 24.3 Å². The fourth-order valence-electron chi connectivity index (χ4n) is 1.02. The van der Waals surface area contributed by atoms with Gasteiger partial charge in [-0.3, -0.25) is 0 Å². The van der Waals surface area contributed by atoms with E-state index in [4.69, 9.17) is 4.43 Å². The largest absolute Gasteiger partial charge is 0.544 e. The van der Waals surface area contributed by atoms with Crippen molar-refractivity contribution >= 4 is 20.1 Å². The van der Waals surface area contributed by atoms with Gasteiger partial charge >= 0.3 is 0 Å². The highest BCUT2D eigenvalue weighted by molar-refractivity contribution is 6.70. The molecule has 14 heavy (non-hydrogen) atoms. The van der Waals surface area contributed by atoms with Gasteiger partial charge in [0.2, 0.25) is 14.4 Å². The number of hydrogen-bond acceptors (Lipinski definition) is 3. The summed E-state index contributed by atoms with van der Waals surface area (Å²) in [6.07, 6.45) is 1.50. The molecule has 1 aromatic carbocycles. The summed E-state index contributed by atoms with van der Waals surface area (Å²) in [7, 11) is -1.58. The molecule has 0 aliphatic heterocycles. The maximum Gasteiger partial charge on any atom is 0.242 e. The molecule has 0 spiro atoms. The van der Waals surface area contributed by atoms with Crippen molar-refractivity contribution in [3.63, 3.8) is 0 Å². The summed E-state index contributed by atoms with van der Waals surface area (Å²) in [6, 6.07) is 7.15. The second kappa shape index (κ2) is 4.22. The van der Waals surface area contributed by atoms with Gasteiger partial charge in [-0.15, -0.1) is 0 Å². The Balaban J connectivity index is 2.89. The van der Waals surface area contributed by atoms with Crippen molar-refractivity contribution in [1.82, 2.24) is 0 Å². The highest BCUT2D eigenvalue weighted by Gasteiger charge is 2.15. The van der Waals surface area contributed by atoms with E-state index in [1.165, 1.54) is 6.08 Å². The molecule has 4 heteroatoms. The average Bonchev–Trinajstić information content (AvgIpc) is 2.02. The highest BCUT2D eigenvalue weighted by Crippen LogP contribution is 2.21. The van der Waals surface area contributed by atoms with E-state index in [0.29, 0.717) is 5.69 Å². The third-order valence-corrected chi connectivity index (χ3v) is 2.26. The number of isocyanates is 1. The fraction of sp³-hybridized carbons (Fsp3) is 0.300. The molecule has 0 aliphatic rings. The molecule has 0 radical (unpaired) electrons. The van der Waals surface area contributed by atoms with Crippen LogP contribution in [-0.4, -0.2) is 14.4 Å². The van der Waals surface area contributed by atoms with E-state index >= 15 is 0 Å². The normalized spacial score (nSPS) is 10.5. The molecule has 0 amide bonds. The molecule has 74 valence electrons. The monoisotopic (exact) mass is 207 g/mol. The average molecular weight is 207 g/mol. The van der Waals surface area contributed by atoms with Gasteiger partial charge in [-0.05, 0) is 31.8 Å². The summed E-state index contributed by atoms with van der Waals surface area (Å²) < 4.78 is 5.74. The smallest absolute Gasteiger partial charge is 0.242 e. The first kappa shape index (κ1) is 10.7. The Hall–Kier alpha value is -1.38. The first-order valence-electron chi connectivity index (χ1n) is 4.38. The highest BCUT2D eigenvalue weighted by atomic mass is 28.4. The number of aliphatic imine (C=N–C) groups is 1. The summed E-state index contributed by atoms with van der Waals surface area (Å²) in [5.41, 5.74) is 0.579. The lowest BCUT2D eigenvalue weighted by molar-refractivity contribution is 0.558. The second-order valence-corrected chi connectivity index (χ2v) is 8.34. The third kappa shape index (κ3) is 3.56. The molecule has 0 N–H and O–H groups in total. The van der Waals surface area contributed by atoms with Gasteiger partial charge in [-0.1, -0.05) is 6.07 Å². The Morgan fingerprint density at radius 1 is 1.36 bits per heavy atom. The lowest BCUT2D eigenvalue weighted by Gasteiger charge is -2.18. The maximum atomic E-state index is 10.0. The van der Waals surface area contributed by atoms with Gasteiger partial charge in [0.05, 0.1) is 5.69 Å². The predicted molar refractivity (Wildman–Crippen MR) is 58.2 cm³/mol. The van der Waals surface area contributed by atoms with Gasteiger partial charge in [0.1, 0.15) is 5.75 Å². The molecule has 0 saturated heterocycles. The lowest BCUT2D eigenvalue weighted by Crippen LogP contribution is -2.29. The first-order valence-corrected chi connectivity index (χ1v) is 7.79. The van der Waals surface area contributed by atoms with Crippen LogP contribution in [0.25, 0.3) is 0 Å². The minimum Gasteiger partial charge on any atom is -0.544 e. The molecule has 0 atom stereocenters. The van der Waals surface area contributed by atoms with Crippen LogP contribution in [0.2, 0.25) is 19.6 Å². The van der Waals surface area contributed by atoms with Crippen LogP contribution in [0.4, 0.5) is 5.69 Å². The van der Waals surface area contributed by atoms with Crippen LogP contribution in [0.1, 0.15) is 0 Å². The summed E-state index contributed by atoms with van der Waals surface area (Å²) in [5.74, 6) is 0.765. The van der Waals surface area contributed by atoms with Crippen LogP contribution in [-0.2, 0) is 4.79 Å². The zero-order chi connectivity index (χ0) is 10.6. The van der Waals surface area contributed by atoms with Crippen LogP contribution >= 0.6 is 0 Å². The molecule has 0 aliphatic carbocycles. The molecule has 1 rings (SSSR count). The van der Waals surface area contributed by atoms with E-state index in [1.807, 2.05) is 12.1 Å². The Kier molecular flexibility index (Phi) is 3.22. The van der Waals surface area contributed by atoms with Crippen molar-refractivity contribution in [3.8, 4) is 5.75 Å². The van der Waals surface area contributed by atoms with Gasteiger partial charge in [-0.2, -0.15) is 4.99 Å². The Bertz CT molecular complexity index is 365. The van der Waals surface area contributed by atoms with Gasteiger partial charge in [-0.25, -0.2) is 4.79 Å². The topological polar surface area (TPSA) is 38.7 Å². The van der Waals surface area contributed by atoms with Crippen molar-refractivity contribution in [1.29, 1.82) is 0 Å². The van der Waals surface area contributed by atoms with Crippen LogP contribution < -0.4 is 4.43 Å². The molecular weight excluding hydrogens is 194 g/mol. The number of carbonyl (C=O) groups excluding carboxylic acids is 1. The summed E-state index contributed by atoms with van der Waals surface area (Å²) in [6.45, 7) is 6.30. The van der Waals surface area contributed by atoms with Crippen molar-refractivity contribution in [2.45, 2.75) is 19.6 Å². The zero-order valence-electron chi connectivity index (χ0n) is 8.57. The lowest BCUT2D eigenvalue weighted by atomic mass is 10.3. The molecule has 0 fully saturated rings. The van der Waals surface area contributed by atoms with E-state index in [9.17, 15) is 4.79 Å². The number of hydrogen-bond donors (Lipinski definition) is 0. The third-order valence-electron chi connectivity index (χ3n) is 1.42. The molecule has 0 heterocycles. The molecule has 3 nitrogen and oxygen atoms in total. The van der Waals surface area contributed by atoms with Crippen molar-refractivity contribution in [2.24, 2.45) is 4.99 Å². The summed E-state index contributed by atoms with van der Waals surface area (Å²) in [4.78, 5) is 13.6.